The van der Waals surface area contributed by atoms with Gasteiger partial charge in [0, 0.05) is 26.6 Å². The van der Waals surface area contributed by atoms with Gasteiger partial charge in [-0.05, 0) is 18.9 Å². The van der Waals surface area contributed by atoms with Gasteiger partial charge in [-0.15, -0.1) is 0 Å². The number of piperidine rings is 1. The average Bonchev–Trinajstić information content (AvgIpc) is 2.58. The minimum atomic E-state index is -0.174. The molecule has 0 unspecified atom stereocenters. The highest BCUT2D eigenvalue weighted by Gasteiger charge is 2.40. The van der Waals surface area contributed by atoms with E-state index in [2.05, 4.69) is 0 Å². The molecular weight excluding hydrogens is 292 g/mol. The SMILES string of the molecule is Cc1ccc([C@H]2[C@@H](C(=O)N3CCOCC3)CCC(=O)N2C)cc1. The Morgan fingerprint density at radius 3 is 2.48 bits per heavy atom. The summed E-state index contributed by atoms with van der Waals surface area (Å²) in [5.41, 5.74) is 2.22. The Labute approximate surface area is 137 Å². The molecule has 5 heteroatoms. The maximum atomic E-state index is 13.0. The summed E-state index contributed by atoms with van der Waals surface area (Å²) < 4.78 is 5.34. The summed E-state index contributed by atoms with van der Waals surface area (Å²) in [5, 5.41) is 0. The minimum Gasteiger partial charge on any atom is -0.378 e. The summed E-state index contributed by atoms with van der Waals surface area (Å²) in [7, 11) is 1.81. The third-order valence-electron chi connectivity index (χ3n) is 4.92. The van der Waals surface area contributed by atoms with Crippen LogP contribution in [0.15, 0.2) is 24.3 Å². The van der Waals surface area contributed by atoms with E-state index >= 15 is 0 Å². The van der Waals surface area contributed by atoms with Crippen LogP contribution in [0.4, 0.5) is 0 Å². The first-order chi connectivity index (χ1) is 11.1. The molecule has 0 spiro atoms. The quantitative estimate of drug-likeness (QED) is 0.835. The molecule has 0 radical (unpaired) electrons. The van der Waals surface area contributed by atoms with E-state index in [1.165, 1.54) is 5.56 Å². The van der Waals surface area contributed by atoms with Crippen molar-refractivity contribution < 1.29 is 14.3 Å². The normalized spacial score (nSPS) is 25.6. The van der Waals surface area contributed by atoms with Gasteiger partial charge < -0.3 is 14.5 Å². The number of ether oxygens (including phenoxy) is 1. The van der Waals surface area contributed by atoms with Gasteiger partial charge in [0.15, 0.2) is 0 Å². The highest BCUT2D eigenvalue weighted by atomic mass is 16.5. The van der Waals surface area contributed by atoms with E-state index < -0.39 is 0 Å². The fourth-order valence-electron chi connectivity index (χ4n) is 3.53. The van der Waals surface area contributed by atoms with Crippen LogP contribution in [0.3, 0.4) is 0 Å². The van der Waals surface area contributed by atoms with E-state index in [9.17, 15) is 9.59 Å². The summed E-state index contributed by atoms with van der Waals surface area (Å²) in [6.07, 6.45) is 1.07. The first kappa shape index (κ1) is 16.0. The number of aryl methyl sites for hydroxylation is 1. The Morgan fingerprint density at radius 2 is 1.83 bits per heavy atom. The Hall–Kier alpha value is -1.88. The van der Waals surface area contributed by atoms with Crippen molar-refractivity contribution in [1.82, 2.24) is 9.80 Å². The topological polar surface area (TPSA) is 49.9 Å². The molecular formula is C18H24N2O3. The molecule has 23 heavy (non-hydrogen) atoms. The van der Waals surface area contributed by atoms with Crippen molar-refractivity contribution in [2.75, 3.05) is 33.4 Å². The largest absolute Gasteiger partial charge is 0.378 e. The molecule has 2 heterocycles. The maximum Gasteiger partial charge on any atom is 0.228 e. The molecule has 1 aromatic carbocycles. The molecule has 0 aliphatic carbocycles. The zero-order valence-electron chi connectivity index (χ0n) is 13.8. The zero-order valence-corrected chi connectivity index (χ0v) is 13.8. The smallest absolute Gasteiger partial charge is 0.228 e. The highest BCUT2D eigenvalue weighted by molar-refractivity contribution is 5.85. The molecule has 0 saturated carbocycles. The predicted molar refractivity (Wildman–Crippen MR) is 86.8 cm³/mol. The standard InChI is InChI=1S/C18H24N2O3/c1-13-3-5-14(6-4-13)17-15(7-8-16(21)19(17)2)18(22)20-9-11-23-12-10-20/h3-6,15,17H,7-12H2,1-2H3/t15-,17-/m0/s1. The van der Waals surface area contributed by atoms with Crippen molar-refractivity contribution in [3.05, 3.63) is 35.4 Å². The van der Waals surface area contributed by atoms with Gasteiger partial charge in [0.25, 0.3) is 0 Å². The van der Waals surface area contributed by atoms with Crippen molar-refractivity contribution in [1.29, 1.82) is 0 Å². The predicted octanol–water partition coefficient (Wildman–Crippen LogP) is 1.76. The summed E-state index contributed by atoms with van der Waals surface area (Å²) >= 11 is 0. The molecule has 124 valence electrons. The average molecular weight is 316 g/mol. The van der Waals surface area contributed by atoms with Crippen molar-refractivity contribution >= 4 is 11.8 Å². The second kappa shape index (κ2) is 6.71. The number of hydrogen-bond acceptors (Lipinski definition) is 3. The van der Waals surface area contributed by atoms with E-state index in [1.807, 2.05) is 43.1 Å². The van der Waals surface area contributed by atoms with Gasteiger partial charge in [-0.1, -0.05) is 29.8 Å². The third-order valence-corrected chi connectivity index (χ3v) is 4.92. The molecule has 2 fully saturated rings. The Kier molecular flexibility index (Phi) is 4.66. The Bertz CT molecular complexity index is 578. The van der Waals surface area contributed by atoms with Gasteiger partial charge in [0.1, 0.15) is 0 Å². The summed E-state index contributed by atoms with van der Waals surface area (Å²) in [6, 6.07) is 7.98. The van der Waals surface area contributed by atoms with Crippen molar-refractivity contribution in [3.8, 4) is 0 Å². The number of carbonyl (C=O) groups is 2. The Morgan fingerprint density at radius 1 is 1.17 bits per heavy atom. The van der Waals surface area contributed by atoms with E-state index in [1.54, 1.807) is 4.90 Å². The number of hydrogen-bond donors (Lipinski definition) is 0. The third kappa shape index (κ3) is 3.24. The van der Waals surface area contributed by atoms with Gasteiger partial charge in [0.05, 0.1) is 25.2 Å². The maximum absolute atomic E-state index is 13.0. The fourth-order valence-corrected chi connectivity index (χ4v) is 3.53. The lowest BCUT2D eigenvalue weighted by molar-refractivity contribution is -0.149. The number of likely N-dealkylation sites (tertiary alicyclic amines) is 1. The molecule has 2 atom stereocenters. The van der Waals surface area contributed by atoms with E-state index in [0.717, 1.165) is 5.56 Å². The number of nitrogens with zero attached hydrogens (tertiary/aromatic N) is 2. The van der Waals surface area contributed by atoms with Crippen LogP contribution in [0.2, 0.25) is 0 Å². The molecule has 1 aromatic rings. The lowest BCUT2D eigenvalue weighted by atomic mass is 9.83. The van der Waals surface area contributed by atoms with Gasteiger partial charge >= 0.3 is 0 Å². The van der Waals surface area contributed by atoms with Crippen LogP contribution in [0.1, 0.15) is 30.0 Å². The summed E-state index contributed by atoms with van der Waals surface area (Å²) in [4.78, 5) is 28.8. The minimum absolute atomic E-state index is 0.113. The number of carbonyl (C=O) groups excluding carboxylic acids is 2. The molecule has 0 N–H and O–H groups in total. The lowest BCUT2D eigenvalue weighted by Crippen LogP contribution is -2.50. The first-order valence-corrected chi connectivity index (χ1v) is 8.26. The van der Waals surface area contributed by atoms with Gasteiger partial charge in [-0.2, -0.15) is 0 Å². The van der Waals surface area contributed by atoms with E-state index in [0.29, 0.717) is 39.1 Å². The van der Waals surface area contributed by atoms with Crippen LogP contribution < -0.4 is 0 Å². The number of benzene rings is 1. The number of morpholine rings is 1. The molecule has 5 nitrogen and oxygen atoms in total. The molecule has 2 aliphatic rings. The Balaban J connectivity index is 1.87. The second-order valence-electron chi connectivity index (χ2n) is 6.44. The molecule has 0 bridgehead atoms. The zero-order chi connectivity index (χ0) is 16.4. The van der Waals surface area contributed by atoms with Gasteiger partial charge in [0.2, 0.25) is 11.8 Å². The molecule has 2 aliphatic heterocycles. The van der Waals surface area contributed by atoms with Gasteiger partial charge in [-0.3, -0.25) is 9.59 Å². The van der Waals surface area contributed by atoms with Crippen molar-refractivity contribution in [2.24, 2.45) is 5.92 Å². The second-order valence-corrected chi connectivity index (χ2v) is 6.44. The fraction of sp³-hybridized carbons (Fsp3) is 0.556. The summed E-state index contributed by atoms with van der Waals surface area (Å²) in [6.45, 7) is 4.53. The lowest BCUT2D eigenvalue weighted by Gasteiger charge is -2.41. The van der Waals surface area contributed by atoms with Crippen molar-refractivity contribution in [2.45, 2.75) is 25.8 Å². The van der Waals surface area contributed by atoms with Crippen LogP contribution in [0, 0.1) is 12.8 Å². The molecule has 0 aromatic heterocycles. The number of amides is 2. The molecule has 2 saturated heterocycles. The monoisotopic (exact) mass is 316 g/mol. The molecule has 3 rings (SSSR count). The van der Waals surface area contributed by atoms with E-state index in [4.69, 9.17) is 4.74 Å². The van der Waals surface area contributed by atoms with Crippen LogP contribution in [-0.2, 0) is 14.3 Å². The van der Waals surface area contributed by atoms with Crippen LogP contribution in [0.5, 0.6) is 0 Å². The highest BCUT2D eigenvalue weighted by Crippen LogP contribution is 2.37. The van der Waals surface area contributed by atoms with Crippen LogP contribution in [-0.4, -0.2) is 55.0 Å². The summed E-state index contributed by atoms with van der Waals surface area (Å²) in [5.74, 6) is 0.0957. The van der Waals surface area contributed by atoms with Crippen LogP contribution in [0.25, 0.3) is 0 Å². The van der Waals surface area contributed by atoms with E-state index in [-0.39, 0.29) is 23.8 Å². The van der Waals surface area contributed by atoms with Crippen LogP contribution >= 0.6 is 0 Å². The van der Waals surface area contributed by atoms with Crippen molar-refractivity contribution in [3.63, 3.8) is 0 Å². The van der Waals surface area contributed by atoms with Gasteiger partial charge in [-0.25, -0.2) is 0 Å². The molecule has 2 amide bonds. The number of rotatable bonds is 2. The first-order valence-electron chi connectivity index (χ1n) is 8.26.